The van der Waals surface area contributed by atoms with E-state index in [1.165, 1.54) is 37.7 Å². The molecule has 0 amide bonds. The fourth-order valence-electron chi connectivity index (χ4n) is 2.27. The number of thiophene rings is 1. The van der Waals surface area contributed by atoms with Crippen LogP contribution in [0.15, 0.2) is 11.4 Å². The molecule has 1 aliphatic carbocycles. The van der Waals surface area contributed by atoms with E-state index < -0.39 is 0 Å². The van der Waals surface area contributed by atoms with Gasteiger partial charge in [-0.3, -0.25) is 0 Å². The average molecular weight is 244 g/mol. The molecule has 1 heterocycles. The molecule has 1 unspecified atom stereocenters. The Morgan fingerprint density at radius 3 is 2.73 bits per heavy atom. The number of hydrogen-bond donors (Lipinski definition) is 1. The maximum absolute atomic E-state index is 5.94. The Morgan fingerprint density at radius 2 is 2.13 bits per heavy atom. The van der Waals surface area contributed by atoms with Gasteiger partial charge in [-0.25, -0.2) is 0 Å². The van der Waals surface area contributed by atoms with Crippen LogP contribution in [0.3, 0.4) is 0 Å². The second-order valence-corrected chi connectivity index (χ2v) is 5.95. The summed E-state index contributed by atoms with van der Waals surface area (Å²) in [6.07, 6.45) is 6.85. The lowest BCUT2D eigenvalue weighted by Crippen LogP contribution is -2.32. The van der Waals surface area contributed by atoms with Crippen LogP contribution in [0.5, 0.6) is 0 Å². The summed E-state index contributed by atoms with van der Waals surface area (Å²) in [6.45, 7) is 2.23. The van der Waals surface area contributed by atoms with Gasteiger partial charge in [-0.1, -0.05) is 30.9 Å². The normalized spacial score (nSPS) is 20.4. The van der Waals surface area contributed by atoms with Gasteiger partial charge in [-0.2, -0.15) is 0 Å². The second-order valence-electron chi connectivity index (χ2n) is 4.41. The van der Waals surface area contributed by atoms with Gasteiger partial charge in [0.05, 0.1) is 4.34 Å². The van der Waals surface area contributed by atoms with Crippen LogP contribution in [0, 0.1) is 0 Å². The van der Waals surface area contributed by atoms with Crippen molar-refractivity contribution in [3.63, 3.8) is 0 Å². The summed E-state index contributed by atoms with van der Waals surface area (Å²) >= 11 is 7.56. The molecule has 0 aliphatic heterocycles. The second kappa shape index (κ2) is 5.33. The highest BCUT2D eigenvalue weighted by Crippen LogP contribution is 2.26. The summed E-state index contributed by atoms with van der Waals surface area (Å²) in [5, 5.41) is 5.85. The standard InChI is InChI=1S/C12H18ClNS/c1-9(10-7-12(13)15-8-10)14-11-5-3-2-4-6-11/h7-9,11,14H,2-6H2,1H3. The van der Waals surface area contributed by atoms with Gasteiger partial charge < -0.3 is 5.32 Å². The third-order valence-corrected chi connectivity index (χ3v) is 4.29. The van der Waals surface area contributed by atoms with Gasteiger partial charge in [0.1, 0.15) is 0 Å². The zero-order valence-corrected chi connectivity index (χ0v) is 10.7. The summed E-state index contributed by atoms with van der Waals surface area (Å²) in [4.78, 5) is 0. The number of halogens is 1. The van der Waals surface area contributed by atoms with Gasteiger partial charge in [0.2, 0.25) is 0 Å². The van der Waals surface area contributed by atoms with Crippen LogP contribution in [0.4, 0.5) is 0 Å². The third kappa shape index (κ3) is 3.20. The van der Waals surface area contributed by atoms with Gasteiger partial charge in [0, 0.05) is 12.1 Å². The van der Waals surface area contributed by atoms with Crippen LogP contribution < -0.4 is 5.32 Å². The van der Waals surface area contributed by atoms with Gasteiger partial charge in [0.25, 0.3) is 0 Å². The molecule has 1 nitrogen and oxygen atoms in total. The summed E-state index contributed by atoms with van der Waals surface area (Å²) in [5.41, 5.74) is 1.33. The molecule has 1 fully saturated rings. The predicted molar refractivity (Wildman–Crippen MR) is 67.8 cm³/mol. The molecule has 3 heteroatoms. The van der Waals surface area contributed by atoms with Crippen LogP contribution in [-0.2, 0) is 0 Å². The Hall–Kier alpha value is -0.0500. The first-order chi connectivity index (χ1) is 7.25. The highest BCUT2D eigenvalue weighted by molar-refractivity contribution is 7.14. The summed E-state index contributed by atoms with van der Waals surface area (Å²) in [7, 11) is 0. The molecular weight excluding hydrogens is 226 g/mol. The Labute approximate surface area is 101 Å². The van der Waals surface area contributed by atoms with E-state index in [0.717, 1.165) is 4.34 Å². The molecule has 0 aromatic carbocycles. The zero-order chi connectivity index (χ0) is 10.7. The summed E-state index contributed by atoms with van der Waals surface area (Å²) in [6, 6.07) is 3.23. The molecule has 84 valence electrons. The van der Waals surface area contributed by atoms with Crippen molar-refractivity contribution < 1.29 is 0 Å². The van der Waals surface area contributed by atoms with Crippen molar-refractivity contribution in [2.24, 2.45) is 0 Å². The van der Waals surface area contributed by atoms with Gasteiger partial charge in [-0.05, 0) is 36.8 Å². The van der Waals surface area contributed by atoms with E-state index in [1.807, 2.05) is 0 Å². The number of hydrogen-bond acceptors (Lipinski definition) is 2. The average Bonchev–Trinajstić information content (AvgIpc) is 2.66. The molecular formula is C12H18ClNS. The Kier molecular flexibility index (Phi) is 4.06. The molecule has 15 heavy (non-hydrogen) atoms. The van der Waals surface area contributed by atoms with Crippen molar-refractivity contribution >= 4 is 22.9 Å². The van der Waals surface area contributed by atoms with Gasteiger partial charge in [0.15, 0.2) is 0 Å². The largest absolute Gasteiger partial charge is 0.307 e. The monoisotopic (exact) mass is 243 g/mol. The van der Waals surface area contributed by atoms with E-state index in [2.05, 4.69) is 23.7 Å². The molecule has 1 aliphatic rings. The van der Waals surface area contributed by atoms with Crippen molar-refractivity contribution in [1.82, 2.24) is 5.32 Å². The fourth-order valence-corrected chi connectivity index (χ4v) is 3.25. The predicted octanol–water partition coefficient (Wildman–Crippen LogP) is 4.38. The molecule has 1 aromatic heterocycles. The molecule has 1 N–H and O–H groups in total. The van der Waals surface area contributed by atoms with Crippen LogP contribution in [0.25, 0.3) is 0 Å². The van der Waals surface area contributed by atoms with E-state index in [0.29, 0.717) is 12.1 Å². The van der Waals surface area contributed by atoms with Crippen LogP contribution in [0.1, 0.15) is 50.6 Å². The van der Waals surface area contributed by atoms with Crippen molar-refractivity contribution in [2.45, 2.75) is 51.1 Å². The molecule has 1 atom stereocenters. The topological polar surface area (TPSA) is 12.0 Å². The smallest absolute Gasteiger partial charge is 0.0931 e. The first kappa shape index (κ1) is 11.4. The fraction of sp³-hybridized carbons (Fsp3) is 0.667. The van der Waals surface area contributed by atoms with E-state index in [1.54, 1.807) is 11.3 Å². The number of rotatable bonds is 3. The lowest BCUT2D eigenvalue weighted by molar-refractivity contribution is 0.347. The molecule has 2 rings (SSSR count). The summed E-state index contributed by atoms with van der Waals surface area (Å²) < 4.78 is 0.891. The van der Waals surface area contributed by atoms with Crippen molar-refractivity contribution in [3.05, 3.63) is 21.3 Å². The van der Waals surface area contributed by atoms with Crippen LogP contribution >= 0.6 is 22.9 Å². The maximum atomic E-state index is 5.94. The minimum atomic E-state index is 0.442. The van der Waals surface area contributed by atoms with E-state index in [4.69, 9.17) is 11.6 Å². The van der Waals surface area contributed by atoms with Gasteiger partial charge >= 0.3 is 0 Å². The molecule has 0 spiro atoms. The molecule has 1 aromatic rings. The minimum absolute atomic E-state index is 0.442. The molecule has 0 bridgehead atoms. The van der Waals surface area contributed by atoms with Crippen molar-refractivity contribution in [1.29, 1.82) is 0 Å². The first-order valence-electron chi connectivity index (χ1n) is 5.75. The first-order valence-corrected chi connectivity index (χ1v) is 7.01. The van der Waals surface area contributed by atoms with E-state index in [-0.39, 0.29) is 0 Å². The summed E-state index contributed by atoms with van der Waals surface area (Å²) in [5.74, 6) is 0. The number of nitrogens with one attached hydrogen (secondary N) is 1. The molecule has 1 saturated carbocycles. The Balaban J connectivity index is 1.88. The minimum Gasteiger partial charge on any atom is -0.307 e. The Bertz CT molecular complexity index is 304. The lowest BCUT2D eigenvalue weighted by atomic mass is 9.94. The quantitative estimate of drug-likeness (QED) is 0.831. The highest BCUT2D eigenvalue weighted by atomic mass is 35.5. The van der Waals surface area contributed by atoms with E-state index >= 15 is 0 Å². The van der Waals surface area contributed by atoms with Gasteiger partial charge in [-0.15, -0.1) is 11.3 Å². The highest BCUT2D eigenvalue weighted by Gasteiger charge is 2.16. The third-order valence-electron chi connectivity index (χ3n) is 3.18. The Morgan fingerprint density at radius 1 is 1.40 bits per heavy atom. The lowest BCUT2D eigenvalue weighted by Gasteiger charge is -2.26. The molecule has 0 radical (unpaired) electrons. The SMILES string of the molecule is CC(NC1CCCCC1)c1csc(Cl)c1. The van der Waals surface area contributed by atoms with Crippen molar-refractivity contribution in [3.8, 4) is 0 Å². The van der Waals surface area contributed by atoms with Crippen LogP contribution in [-0.4, -0.2) is 6.04 Å². The molecule has 0 saturated heterocycles. The van der Waals surface area contributed by atoms with Crippen molar-refractivity contribution in [2.75, 3.05) is 0 Å². The zero-order valence-electron chi connectivity index (χ0n) is 9.13. The van der Waals surface area contributed by atoms with E-state index in [9.17, 15) is 0 Å². The maximum Gasteiger partial charge on any atom is 0.0931 e. The van der Waals surface area contributed by atoms with Crippen LogP contribution in [0.2, 0.25) is 4.34 Å².